The summed E-state index contributed by atoms with van der Waals surface area (Å²) in [6.45, 7) is 0.465. The van der Waals surface area contributed by atoms with E-state index in [0.29, 0.717) is 12.3 Å². The fraction of sp³-hybridized carbons (Fsp3) is 0.231. The van der Waals surface area contributed by atoms with E-state index >= 15 is 0 Å². The van der Waals surface area contributed by atoms with E-state index in [1.165, 1.54) is 22.3 Å². The third-order valence-electron chi connectivity index (χ3n) is 6.09. The van der Waals surface area contributed by atoms with E-state index in [1.807, 2.05) is 24.3 Å². The highest BCUT2D eigenvalue weighted by molar-refractivity contribution is 5.89. The largest absolute Gasteiger partial charge is 0.482 e. The first-order valence-electron chi connectivity index (χ1n) is 10.7. The number of anilines is 1. The number of hydrogen-bond acceptors (Lipinski definition) is 4. The second kappa shape index (κ2) is 8.38. The van der Waals surface area contributed by atoms with Gasteiger partial charge in [-0.2, -0.15) is 0 Å². The molecule has 1 heterocycles. The molecular weight excluding hydrogens is 406 g/mol. The van der Waals surface area contributed by atoms with Crippen LogP contribution in [0.25, 0.3) is 11.1 Å². The minimum absolute atomic E-state index is 0.0161. The summed E-state index contributed by atoms with van der Waals surface area (Å²) in [5.74, 6) is -0.522. The maximum atomic E-state index is 13.0. The second-order valence-corrected chi connectivity index (χ2v) is 8.03. The number of hydrogen-bond donors (Lipinski definition) is 1. The van der Waals surface area contributed by atoms with Crippen LogP contribution in [0.3, 0.4) is 0 Å². The van der Waals surface area contributed by atoms with Crippen LogP contribution in [0.5, 0.6) is 5.75 Å². The van der Waals surface area contributed by atoms with E-state index < -0.39 is 12.6 Å². The van der Waals surface area contributed by atoms with Crippen LogP contribution in [0, 0.1) is 0 Å². The lowest BCUT2D eigenvalue weighted by molar-refractivity contribution is -0.139. The van der Waals surface area contributed by atoms with E-state index in [2.05, 4.69) is 24.3 Å². The predicted octanol–water partition coefficient (Wildman–Crippen LogP) is 4.85. The van der Waals surface area contributed by atoms with Crippen molar-refractivity contribution in [3.05, 3.63) is 83.4 Å². The van der Waals surface area contributed by atoms with Gasteiger partial charge in [0.25, 0.3) is 0 Å². The van der Waals surface area contributed by atoms with Crippen LogP contribution in [0.4, 0.5) is 10.5 Å². The van der Waals surface area contributed by atoms with Gasteiger partial charge >= 0.3 is 12.1 Å². The Bertz CT molecular complexity index is 1140. The molecule has 2 aliphatic rings. The summed E-state index contributed by atoms with van der Waals surface area (Å²) in [6.07, 6.45) is 1.24. The second-order valence-electron chi connectivity index (χ2n) is 8.03. The number of fused-ring (bicyclic) bond motifs is 4. The highest BCUT2D eigenvalue weighted by Gasteiger charge is 2.31. The molecule has 1 aliphatic carbocycles. The van der Waals surface area contributed by atoms with Crippen LogP contribution in [-0.4, -0.2) is 36.9 Å². The first-order valence-corrected chi connectivity index (χ1v) is 10.7. The molecule has 0 saturated heterocycles. The summed E-state index contributed by atoms with van der Waals surface area (Å²) in [4.78, 5) is 25.4. The van der Waals surface area contributed by atoms with Gasteiger partial charge in [0.15, 0.2) is 6.61 Å². The number of rotatable bonds is 5. The molecule has 0 unspecified atom stereocenters. The molecule has 0 aromatic heterocycles. The van der Waals surface area contributed by atoms with Crippen molar-refractivity contribution in [3.63, 3.8) is 0 Å². The molecule has 162 valence electrons. The van der Waals surface area contributed by atoms with E-state index in [-0.39, 0.29) is 18.6 Å². The Kier molecular flexibility index (Phi) is 5.27. The molecule has 3 aromatic carbocycles. The van der Waals surface area contributed by atoms with Gasteiger partial charge in [-0.1, -0.05) is 48.5 Å². The lowest BCUT2D eigenvalue weighted by Gasteiger charge is -2.29. The summed E-state index contributed by atoms with van der Waals surface area (Å²) in [5, 5.41) is 8.81. The maximum Gasteiger partial charge on any atom is 0.414 e. The molecule has 1 aliphatic heterocycles. The van der Waals surface area contributed by atoms with Gasteiger partial charge in [-0.3, -0.25) is 4.90 Å². The Morgan fingerprint density at radius 1 is 0.969 bits per heavy atom. The molecular formula is C26H23NO5. The molecule has 6 nitrogen and oxygen atoms in total. The highest BCUT2D eigenvalue weighted by atomic mass is 16.6. The zero-order chi connectivity index (χ0) is 22.1. The van der Waals surface area contributed by atoms with Crippen LogP contribution < -0.4 is 9.64 Å². The van der Waals surface area contributed by atoms with Gasteiger partial charge in [0.1, 0.15) is 12.4 Å². The summed E-state index contributed by atoms with van der Waals surface area (Å²) in [5.41, 5.74) is 6.49. The Hall–Kier alpha value is -3.80. The molecule has 1 amide bonds. The van der Waals surface area contributed by atoms with E-state index in [9.17, 15) is 9.59 Å². The number of carbonyl (C=O) groups excluding carboxylic acids is 1. The number of carbonyl (C=O) groups is 2. The number of carboxylic acids is 1. The van der Waals surface area contributed by atoms with Crippen molar-refractivity contribution in [1.29, 1.82) is 0 Å². The number of nitrogens with zero attached hydrogens (tertiary/aromatic N) is 1. The molecule has 0 radical (unpaired) electrons. The number of aliphatic carboxylic acids is 1. The third kappa shape index (κ3) is 3.68. The van der Waals surface area contributed by atoms with Crippen LogP contribution in [0.15, 0.2) is 66.7 Å². The molecule has 32 heavy (non-hydrogen) atoms. The molecule has 1 N–H and O–H groups in total. The minimum Gasteiger partial charge on any atom is -0.482 e. The van der Waals surface area contributed by atoms with Crippen molar-refractivity contribution in [1.82, 2.24) is 0 Å². The number of carboxylic acid groups (broad SMARTS) is 1. The van der Waals surface area contributed by atoms with E-state index in [1.54, 1.807) is 23.1 Å². The monoisotopic (exact) mass is 429 g/mol. The summed E-state index contributed by atoms with van der Waals surface area (Å²) < 4.78 is 11.1. The number of aryl methyl sites for hydroxylation is 1. The topological polar surface area (TPSA) is 76.1 Å². The third-order valence-corrected chi connectivity index (χ3v) is 6.09. The molecule has 0 saturated carbocycles. The summed E-state index contributed by atoms with van der Waals surface area (Å²) in [6, 6.07) is 21.8. The van der Waals surface area contributed by atoms with Gasteiger partial charge in [0.05, 0.1) is 5.69 Å². The Morgan fingerprint density at radius 2 is 1.66 bits per heavy atom. The predicted molar refractivity (Wildman–Crippen MR) is 120 cm³/mol. The van der Waals surface area contributed by atoms with Gasteiger partial charge in [0.2, 0.25) is 0 Å². The number of ether oxygens (including phenoxy) is 2. The van der Waals surface area contributed by atoms with Crippen molar-refractivity contribution in [3.8, 4) is 16.9 Å². The minimum atomic E-state index is -1.03. The van der Waals surface area contributed by atoms with Crippen LogP contribution >= 0.6 is 0 Å². The van der Waals surface area contributed by atoms with E-state index in [4.69, 9.17) is 14.6 Å². The fourth-order valence-electron chi connectivity index (χ4n) is 4.67. The van der Waals surface area contributed by atoms with Crippen molar-refractivity contribution < 1.29 is 24.2 Å². The Balaban J connectivity index is 1.32. The van der Waals surface area contributed by atoms with Crippen LogP contribution in [0.1, 0.15) is 29.0 Å². The summed E-state index contributed by atoms with van der Waals surface area (Å²) >= 11 is 0. The quantitative estimate of drug-likeness (QED) is 0.627. The van der Waals surface area contributed by atoms with Gasteiger partial charge in [-0.25, -0.2) is 9.59 Å². The average Bonchev–Trinajstić information content (AvgIpc) is 3.14. The normalized spacial score (nSPS) is 14.3. The molecule has 0 atom stereocenters. The Labute approximate surface area is 186 Å². The standard InChI is InChI=1S/C26H23NO5/c28-25(29)16-31-18-11-12-24-17(14-18)6-5-13-27(24)26(30)32-15-23-21-9-3-1-7-19(21)20-8-2-4-10-22(20)23/h1-4,7-12,14,23H,5-6,13,15-16H2,(H,28,29). The van der Waals surface area contributed by atoms with Crippen molar-refractivity contribution in [2.24, 2.45) is 0 Å². The lowest BCUT2D eigenvalue weighted by Crippen LogP contribution is -2.36. The van der Waals surface area contributed by atoms with Gasteiger partial charge in [-0.05, 0) is 58.9 Å². The smallest absolute Gasteiger partial charge is 0.414 e. The van der Waals surface area contributed by atoms with Crippen LogP contribution in [0.2, 0.25) is 0 Å². The zero-order valence-corrected chi connectivity index (χ0v) is 17.5. The highest BCUT2D eigenvalue weighted by Crippen LogP contribution is 2.44. The lowest BCUT2D eigenvalue weighted by atomic mass is 9.98. The van der Waals surface area contributed by atoms with Crippen molar-refractivity contribution in [2.45, 2.75) is 18.8 Å². The SMILES string of the molecule is O=C(O)COc1ccc2c(c1)CCCN2C(=O)OCC1c2ccccc2-c2ccccc21. The van der Waals surface area contributed by atoms with E-state index in [0.717, 1.165) is 24.1 Å². The molecule has 0 spiro atoms. The number of amides is 1. The van der Waals surface area contributed by atoms with Gasteiger partial charge in [-0.15, -0.1) is 0 Å². The fourth-order valence-corrected chi connectivity index (χ4v) is 4.67. The molecule has 0 fully saturated rings. The van der Waals surface area contributed by atoms with Crippen molar-refractivity contribution >= 4 is 17.7 Å². The summed E-state index contributed by atoms with van der Waals surface area (Å²) in [7, 11) is 0. The molecule has 5 rings (SSSR count). The molecule has 6 heteroatoms. The van der Waals surface area contributed by atoms with Crippen molar-refractivity contribution in [2.75, 3.05) is 24.7 Å². The maximum absolute atomic E-state index is 13.0. The average molecular weight is 429 g/mol. The van der Waals surface area contributed by atoms with Gasteiger partial charge < -0.3 is 14.6 Å². The Morgan fingerprint density at radius 3 is 2.34 bits per heavy atom. The van der Waals surface area contributed by atoms with Gasteiger partial charge in [0, 0.05) is 12.5 Å². The first-order chi connectivity index (χ1) is 15.6. The molecule has 0 bridgehead atoms. The van der Waals surface area contributed by atoms with Crippen LogP contribution in [-0.2, 0) is 16.0 Å². The number of benzene rings is 3. The zero-order valence-electron chi connectivity index (χ0n) is 17.5. The molecule has 3 aromatic rings. The first kappa shape index (κ1) is 20.1.